The van der Waals surface area contributed by atoms with Crippen LogP contribution in [0.2, 0.25) is 0 Å². The van der Waals surface area contributed by atoms with Gasteiger partial charge in [0.25, 0.3) is 0 Å². The average Bonchev–Trinajstić information content (AvgIpc) is 2.63. The van der Waals surface area contributed by atoms with Gasteiger partial charge in [-0.25, -0.2) is 8.42 Å². The number of nitrogens with one attached hydrogen (secondary N) is 1. The van der Waals surface area contributed by atoms with E-state index < -0.39 is 10.0 Å². The Kier molecular flexibility index (Phi) is 3.75. The molecule has 0 amide bonds. The van der Waals surface area contributed by atoms with Gasteiger partial charge < -0.3 is 0 Å². The maximum Gasteiger partial charge on any atom is 0.246 e. The highest BCUT2D eigenvalue weighted by molar-refractivity contribution is 7.89. The van der Waals surface area contributed by atoms with Gasteiger partial charge in [0.05, 0.1) is 11.4 Å². The van der Waals surface area contributed by atoms with Crippen LogP contribution in [0.5, 0.6) is 0 Å². The Labute approximate surface area is 115 Å². The van der Waals surface area contributed by atoms with E-state index in [1.54, 1.807) is 18.2 Å². The van der Waals surface area contributed by atoms with Gasteiger partial charge >= 0.3 is 0 Å². The smallest absolute Gasteiger partial charge is 0.246 e. The Morgan fingerprint density at radius 2 is 1.89 bits per heavy atom. The molecule has 0 bridgehead atoms. The largest absolute Gasteiger partial charge is 0.281 e. The molecule has 1 saturated heterocycles. The average molecular weight is 285 g/mol. The van der Waals surface area contributed by atoms with Gasteiger partial charge in [0.15, 0.2) is 0 Å². The molecular formula is C13H23N3O2S. The second kappa shape index (κ2) is 4.90. The molecule has 0 spiro atoms. The molecule has 5 nitrogen and oxygen atoms in total. The van der Waals surface area contributed by atoms with Crippen molar-refractivity contribution >= 4 is 10.0 Å². The van der Waals surface area contributed by atoms with Gasteiger partial charge in [0.1, 0.15) is 4.90 Å². The van der Waals surface area contributed by atoms with Crippen molar-refractivity contribution in [2.24, 2.45) is 11.8 Å². The Bertz CT molecular complexity index is 545. The number of hydrogen-bond acceptors (Lipinski definition) is 3. The Morgan fingerprint density at radius 3 is 2.42 bits per heavy atom. The number of nitrogens with zero attached hydrogens (tertiary/aromatic N) is 2. The van der Waals surface area contributed by atoms with Crippen LogP contribution in [0.1, 0.15) is 38.6 Å². The predicted octanol–water partition coefficient (Wildman–Crippen LogP) is 2.08. The highest BCUT2D eigenvalue weighted by Gasteiger charge is 2.39. The van der Waals surface area contributed by atoms with Crippen LogP contribution in [-0.2, 0) is 10.0 Å². The summed E-state index contributed by atoms with van der Waals surface area (Å²) in [4.78, 5) is 0.348. The number of aryl methyl sites for hydroxylation is 2. The standard InChI is InChI=1S/C13H23N3O2S/c1-8-6-9(2)12(5)16(7-8)19(17,18)13-10(3)14-15-11(13)4/h8-9,12H,6-7H2,1-5H3,(H,14,15). The van der Waals surface area contributed by atoms with Crippen molar-refractivity contribution in [3.8, 4) is 0 Å². The Balaban J connectivity index is 2.44. The van der Waals surface area contributed by atoms with Crippen molar-refractivity contribution in [2.45, 2.75) is 52.0 Å². The van der Waals surface area contributed by atoms with Crippen molar-refractivity contribution in [1.29, 1.82) is 0 Å². The predicted molar refractivity (Wildman–Crippen MR) is 74.4 cm³/mol. The molecule has 0 aromatic carbocycles. The monoisotopic (exact) mass is 285 g/mol. The first kappa shape index (κ1) is 14.5. The second-order valence-electron chi connectivity index (χ2n) is 5.90. The third-order valence-electron chi connectivity index (χ3n) is 4.17. The number of H-pyrrole nitrogens is 1. The second-order valence-corrected chi connectivity index (χ2v) is 7.72. The maximum absolute atomic E-state index is 12.9. The number of aromatic amines is 1. The zero-order valence-electron chi connectivity index (χ0n) is 12.3. The molecule has 3 unspecified atom stereocenters. The van der Waals surface area contributed by atoms with Crippen LogP contribution >= 0.6 is 0 Å². The summed E-state index contributed by atoms with van der Waals surface area (Å²) >= 11 is 0. The summed E-state index contributed by atoms with van der Waals surface area (Å²) in [5.41, 5.74) is 1.17. The molecule has 0 saturated carbocycles. The quantitative estimate of drug-likeness (QED) is 0.904. The van der Waals surface area contributed by atoms with Crippen LogP contribution in [0.15, 0.2) is 4.90 Å². The lowest BCUT2D eigenvalue weighted by Crippen LogP contribution is -2.48. The lowest BCUT2D eigenvalue weighted by molar-refractivity contribution is 0.157. The molecule has 108 valence electrons. The molecule has 1 aliphatic rings. The number of hydrogen-bond donors (Lipinski definition) is 1. The van der Waals surface area contributed by atoms with Gasteiger partial charge in [-0.05, 0) is 39.0 Å². The van der Waals surface area contributed by atoms with E-state index in [2.05, 4.69) is 24.0 Å². The summed E-state index contributed by atoms with van der Waals surface area (Å²) in [5, 5.41) is 6.77. The molecule has 1 aromatic heterocycles. The van der Waals surface area contributed by atoms with Crippen LogP contribution in [0.3, 0.4) is 0 Å². The van der Waals surface area contributed by atoms with Crippen LogP contribution < -0.4 is 0 Å². The first-order valence-corrected chi connectivity index (χ1v) is 8.22. The molecule has 1 aromatic rings. The van der Waals surface area contributed by atoms with Gasteiger partial charge in [-0.3, -0.25) is 5.10 Å². The van der Waals surface area contributed by atoms with Gasteiger partial charge in [-0.15, -0.1) is 0 Å². The lowest BCUT2D eigenvalue weighted by atomic mass is 9.88. The van der Waals surface area contributed by atoms with E-state index in [1.165, 1.54) is 0 Å². The molecule has 0 aliphatic carbocycles. The molecule has 1 aliphatic heterocycles. The summed E-state index contributed by atoms with van der Waals surface area (Å²) in [5.74, 6) is 0.777. The van der Waals surface area contributed by atoms with E-state index in [4.69, 9.17) is 0 Å². The van der Waals surface area contributed by atoms with E-state index in [1.807, 2.05) is 6.92 Å². The zero-order valence-corrected chi connectivity index (χ0v) is 13.1. The highest BCUT2D eigenvalue weighted by Crippen LogP contribution is 2.32. The maximum atomic E-state index is 12.9. The SMILES string of the molecule is Cc1n[nH]c(C)c1S(=O)(=O)N1CC(C)CC(C)C1C. The molecular weight excluding hydrogens is 262 g/mol. The van der Waals surface area contributed by atoms with Gasteiger partial charge in [-0.1, -0.05) is 13.8 Å². The number of rotatable bonds is 2. The minimum atomic E-state index is -3.46. The van der Waals surface area contributed by atoms with E-state index in [0.29, 0.717) is 34.7 Å². The lowest BCUT2D eigenvalue weighted by Gasteiger charge is -2.39. The van der Waals surface area contributed by atoms with Crippen molar-refractivity contribution in [1.82, 2.24) is 14.5 Å². The van der Waals surface area contributed by atoms with Crippen LogP contribution in [0.4, 0.5) is 0 Å². The molecule has 1 fully saturated rings. The third-order valence-corrected chi connectivity index (χ3v) is 6.39. The third kappa shape index (κ3) is 2.43. The van der Waals surface area contributed by atoms with Crippen LogP contribution in [0.25, 0.3) is 0 Å². The number of aromatic nitrogens is 2. The number of sulfonamides is 1. The fraction of sp³-hybridized carbons (Fsp3) is 0.769. The molecule has 19 heavy (non-hydrogen) atoms. The van der Waals surface area contributed by atoms with Gasteiger partial charge in [0.2, 0.25) is 10.0 Å². The van der Waals surface area contributed by atoms with Crippen molar-refractivity contribution in [3.05, 3.63) is 11.4 Å². The summed E-state index contributed by atoms with van der Waals surface area (Å²) in [7, 11) is -3.46. The van der Waals surface area contributed by atoms with Crippen LogP contribution in [0, 0.1) is 25.7 Å². The van der Waals surface area contributed by atoms with Gasteiger partial charge in [-0.2, -0.15) is 9.40 Å². The molecule has 2 rings (SSSR count). The summed E-state index contributed by atoms with van der Waals surface area (Å²) in [6, 6.07) is 0.0369. The minimum absolute atomic E-state index is 0.0369. The molecule has 3 atom stereocenters. The molecule has 2 heterocycles. The highest BCUT2D eigenvalue weighted by atomic mass is 32.2. The Hall–Kier alpha value is -0.880. The first-order chi connectivity index (χ1) is 8.75. The van der Waals surface area contributed by atoms with E-state index >= 15 is 0 Å². The van der Waals surface area contributed by atoms with Crippen molar-refractivity contribution in [3.63, 3.8) is 0 Å². The molecule has 6 heteroatoms. The molecule has 1 N–H and O–H groups in total. The van der Waals surface area contributed by atoms with Crippen LogP contribution in [-0.4, -0.2) is 35.5 Å². The fourth-order valence-corrected chi connectivity index (χ4v) is 5.20. The van der Waals surface area contributed by atoms with E-state index in [0.717, 1.165) is 6.42 Å². The van der Waals surface area contributed by atoms with E-state index in [9.17, 15) is 8.42 Å². The topological polar surface area (TPSA) is 66.1 Å². The summed E-state index contributed by atoms with van der Waals surface area (Å²) < 4.78 is 27.4. The van der Waals surface area contributed by atoms with Crippen molar-refractivity contribution < 1.29 is 8.42 Å². The van der Waals surface area contributed by atoms with E-state index in [-0.39, 0.29) is 6.04 Å². The molecule has 0 radical (unpaired) electrons. The first-order valence-electron chi connectivity index (χ1n) is 6.78. The number of piperidine rings is 1. The van der Waals surface area contributed by atoms with Crippen molar-refractivity contribution in [2.75, 3.05) is 6.54 Å². The summed E-state index contributed by atoms with van der Waals surface area (Å²) in [6.45, 7) is 10.3. The van der Waals surface area contributed by atoms with Gasteiger partial charge in [0, 0.05) is 12.6 Å². The summed E-state index contributed by atoms with van der Waals surface area (Å²) in [6.07, 6.45) is 1.08. The fourth-order valence-electron chi connectivity index (χ4n) is 3.02. The Morgan fingerprint density at radius 1 is 1.26 bits per heavy atom. The minimum Gasteiger partial charge on any atom is -0.281 e. The normalized spacial score (nSPS) is 29.6. The zero-order chi connectivity index (χ0) is 14.4.